The quantitative estimate of drug-likeness (QED) is 0.672. The Morgan fingerprint density at radius 3 is 3.14 bits per heavy atom. The van der Waals surface area contributed by atoms with E-state index in [0.717, 1.165) is 12.0 Å². The highest BCUT2D eigenvalue weighted by atomic mass is 16.1. The first-order chi connectivity index (χ1) is 6.85. The summed E-state index contributed by atoms with van der Waals surface area (Å²) in [6, 6.07) is 2.22. The molecule has 2 atom stereocenters. The maximum Gasteiger partial charge on any atom is 0.209 e. The number of likely N-dealkylation sites (tertiary alicyclic amines) is 1. The predicted molar refractivity (Wildman–Crippen MR) is 48.1 cm³/mol. The Balaban J connectivity index is 2.20. The van der Waals surface area contributed by atoms with E-state index in [1.165, 1.54) is 0 Å². The molecule has 14 heavy (non-hydrogen) atoms. The van der Waals surface area contributed by atoms with Gasteiger partial charge >= 0.3 is 0 Å². The molecule has 2 heterocycles. The van der Waals surface area contributed by atoms with Crippen molar-refractivity contribution in [3.05, 3.63) is 18.0 Å². The maximum absolute atomic E-state index is 10.6. The summed E-state index contributed by atoms with van der Waals surface area (Å²) < 4.78 is 0. The van der Waals surface area contributed by atoms with E-state index in [9.17, 15) is 4.79 Å². The van der Waals surface area contributed by atoms with Gasteiger partial charge in [-0.1, -0.05) is 0 Å². The topological polar surface area (TPSA) is 72.8 Å². The number of nitrogens with one attached hydrogen (secondary N) is 1. The summed E-state index contributed by atoms with van der Waals surface area (Å²) in [5, 5.41) is 15.5. The van der Waals surface area contributed by atoms with Crippen molar-refractivity contribution in [2.75, 3.05) is 13.1 Å². The molecule has 1 aliphatic rings. The molecule has 0 radical (unpaired) electrons. The van der Waals surface area contributed by atoms with Crippen molar-refractivity contribution >= 4 is 6.41 Å². The van der Waals surface area contributed by atoms with Gasteiger partial charge in [0.1, 0.15) is 0 Å². The van der Waals surface area contributed by atoms with E-state index in [4.69, 9.17) is 5.26 Å². The number of rotatable bonds is 2. The van der Waals surface area contributed by atoms with Gasteiger partial charge in [0.05, 0.1) is 18.2 Å². The highest BCUT2D eigenvalue weighted by molar-refractivity contribution is 5.49. The van der Waals surface area contributed by atoms with E-state index in [-0.39, 0.29) is 11.8 Å². The third-order valence-electron chi connectivity index (χ3n) is 2.61. The zero-order valence-corrected chi connectivity index (χ0v) is 7.55. The highest BCUT2D eigenvalue weighted by Crippen LogP contribution is 2.30. The van der Waals surface area contributed by atoms with Crippen LogP contribution in [0, 0.1) is 17.2 Å². The summed E-state index contributed by atoms with van der Waals surface area (Å²) in [6.45, 7) is 1.14. The van der Waals surface area contributed by atoms with E-state index in [0.29, 0.717) is 13.1 Å². The van der Waals surface area contributed by atoms with Gasteiger partial charge in [-0.25, -0.2) is 0 Å². The van der Waals surface area contributed by atoms with Crippen molar-refractivity contribution in [3.8, 4) is 6.07 Å². The number of hydrogen-bond acceptors (Lipinski definition) is 3. The van der Waals surface area contributed by atoms with E-state index in [2.05, 4.69) is 16.3 Å². The fourth-order valence-corrected chi connectivity index (χ4v) is 1.85. The van der Waals surface area contributed by atoms with Gasteiger partial charge in [0.2, 0.25) is 6.41 Å². The molecule has 72 valence electrons. The third kappa shape index (κ3) is 1.35. The lowest BCUT2D eigenvalue weighted by Gasteiger charge is -2.08. The first kappa shape index (κ1) is 8.75. The monoisotopic (exact) mass is 190 g/mol. The summed E-state index contributed by atoms with van der Waals surface area (Å²) in [5.41, 5.74) is 1.00. The number of hydrogen-bond donors (Lipinski definition) is 1. The molecule has 1 aromatic rings. The number of carbonyl (C=O) groups excluding carboxylic acids is 1. The number of aromatic nitrogens is 2. The molecular weight excluding hydrogens is 180 g/mol. The zero-order valence-electron chi connectivity index (χ0n) is 7.55. The second-order valence-electron chi connectivity index (χ2n) is 3.43. The highest BCUT2D eigenvalue weighted by Gasteiger charge is 2.33. The van der Waals surface area contributed by atoms with Crippen molar-refractivity contribution in [2.45, 2.75) is 5.92 Å². The summed E-state index contributed by atoms with van der Waals surface area (Å²) >= 11 is 0. The average Bonchev–Trinajstić information content (AvgIpc) is 2.85. The minimum Gasteiger partial charge on any atom is -0.343 e. The van der Waals surface area contributed by atoms with Crippen LogP contribution in [0.2, 0.25) is 0 Å². The fourth-order valence-electron chi connectivity index (χ4n) is 1.85. The standard InChI is InChI=1S/C9H10N4O/c10-1-7-4-13(6-14)5-9(7)8-2-11-12-3-8/h2-3,6-7,9H,4-5H2,(H,11,12)/t7?,9-/m0/s1. The Hall–Kier alpha value is -1.83. The van der Waals surface area contributed by atoms with Crippen LogP contribution < -0.4 is 0 Å². The Kier molecular flexibility index (Phi) is 2.19. The van der Waals surface area contributed by atoms with Gasteiger partial charge in [-0.05, 0) is 5.56 Å². The van der Waals surface area contributed by atoms with Crippen LogP contribution in [-0.4, -0.2) is 34.6 Å². The molecule has 0 saturated carbocycles. The van der Waals surface area contributed by atoms with Crippen molar-refractivity contribution < 1.29 is 4.79 Å². The molecule has 1 fully saturated rings. The third-order valence-corrected chi connectivity index (χ3v) is 2.61. The molecule has 1 aliphatic heterocycles. The molecule has 0 spiro atoms. The Labute approximate surface area is 81.3 Å². The van der Waals surface area contributed by atoms with Gasteiger partial charge < -0.3 is 4.90 Å². The van der Waals surface area contributed by atoms with Crippen LogP contribution in [0.1, 0.15) is 11.5 Å². The van der Waals surface area contributed by atoms with Crippen molar-refractivity contribution in [2.24, 2.45) is 5.92 Å². The maximum atomic E-state index is 10.6. The lowest BCUT2D eigenvalue weighted by molar-refractivity contribution is -0.117. The number of nitriles is 1. The number of amides is 1. The Bertz CT molecular complexity index is 353. The minimum absolute atomic E-state index is 0.101. The molecule has 0 bridgehead atoms. The Morgan fingerprint density at radius 2 is 2.57 bits per heavy atom. The molecule has 1 amide bonds. The zero-order chi connectivity index (χ0) is 9.97. The van der Waals surface area contributed by atoms with Crippen molar-refractivity contribution in [1.82, 2.24) is 15.1 Å². The molecule has 0 aliphatic carbocycles. The van der Waals surface area contributed by atoms with Crippen LogP contribution in [0.15, 0.2) is 12.4 Å². The van der Waals surface area contributed by atoms with Crippen molar-refractivity contribution in [1.29, 1.82) is 5.26 Å². The summed E-state index contributed by atoms with van der Waals surface area (Å²) in [4.78, 5) is 12.2. The predicted octanol–water partition coefficient (Wildman–Crippen LogP) is 0.105. The smallest absolute Gasteiger partial charge is 0.209 e. The van der Waals surface area contributed by atoms with Crippen LogP contribution in [0.25, 0.3) is 0 Å². The van der Waals surface area contributed by atoms with E-state index < -0.39 is 0 Å². The number of carbonyl (C=O) groups is 1. The van der Waals surface area contributed by atoms with Crippen LogP contribution in [0.3, 0.4) is 0 Å². The van der Waals surface area contributed by atoms with E-state index in [1.807, 2.05) is 0 Å². The fraction of sp³-hybridized carbons (Fsp3) is 0.444. The van der Waals surface area contributed by atoms with Crippen LogP contribution >= 0.6 is 0 Å². The lowest BCUT2D eigenvalue weighted by atomic mass is 9.92. The second kappa shape index (κ2) is 3.50. The van der Waals surface area contributed by atoms with Gasteiger partial charge in [-0.2, -0.15) is 10.4 Å². The lowest BCUT2D eigenvalue weighted by Crippen LogP contribution is -2.17. The average molecular weight is 190 g/mol. The number of H-pyrrole nitrogens is 1. The molecule has 1 unspecified atom stereocenters. The van der Waals surface area contributed by atoms with Crippen LogP contribution in [0.5, 0.6) is 0 Å². The minimum atomic E-state index is -0.113. The summed E-state index contributed by atoms with van der Waals surface area (Å²) in [6.07, 6.45) is 4.29. The molecule has 5 nitrogen and oxygen atoms in total. The largest absolute Gasteiger partial charge is 0.343 e. The van der Waals surface area contributed by atoms with Crippen molar-refractivity contribution in [3.63, 3.8) is 0 Å². The molecule has 0 aromatic carbocycles. The first-order valence-electron chi connectivity index (χ1n) is 4.42. The van der Waals surface area contributed by atoms with Gasteiger partial charge in [-0.3, -0.25) is 9.89 Å². The molecule has 2 rings (SSSR count). The molecule has 1 saturated heterocycles. The molecular formula is C9H10N4O. The molecule has 1 N–H and O–H groups in total. The SMILES string of the molecule is N#CC1CN(C=O)C[C@@H]1c1cn[nH]c1. The Morgan fingerprint density at radius 1 is 1.71 bits per heavy atom. The van der Waals surface area contributed by atoms with Gasteiger partial charge in [0.15, 0.2) is 0 Å². The number of aromatic amines is 1. The molecule has 1 aromatic heterocycles. The van der Waals surface area contributed by atoms with Crippen LogP contribution in [0.4, 0.5) is 0 Å². The molecule has 5 heteroatoms. The summed E-state index contributed by atoms with van der Waals surface area (Å²) in [7, 11) is 0. The van der Waals surface area contributed by atoms with Gasteiger partial charge in [0, 0.05) is 25.2 Å². The summed E-state index contributed by atoms with van der Waals surface area (Å²) in [5.74, 6) is -0.0123. The normalized spacial score (nSPS) is 26.1. The number of nitrogens with zero attached hydrogens (tertiary/aromatic N) is 3. The van der Waals surface area contributed by atoms with Crippen LogP contribution in [-0.2, 0) is 4.79 Å². The second-order valence-corrected chi connectivity index (χ2v) is 3.43. The van der Waals surface area contributed by atoms with E-state index >= 15 is 0 Å². The first-order valence-corrected chi connectivity index (χ1v) is 4.42. The van der Waals surface area contributed by atoms with Gasteiger partial charge in [0.25, 0.3) is 0 Å². The van der Waals surface area contributed by atoms with E-state index in [1.54, 1.807) is 17.3 Å². The van der Waals surface area contributed by atoms with Gasteiger partial charge in [-0.15, -0.1) is 0 Å².